The predicted octanol–water partition coefficient (Wildman–Crippen LogP) is 5.76. The molecule has 1 heterocycles. The molecule has 1 atom stereocenters. The van der Waals surface area contributed by atoms with Crippen molar-refractivity contribution in [3.63, 3.8) is 0 Å². The van der Waals surface area contributed by atoms with Gasteiger partial charge in [0, 0.05) is 12.2 Å². The number of hydrogen-bond acceptors (Lipinski definition) is 7. The van der Waals surface area contributed by atoms with Crippen molar-refractivity contribution < 1.29 is 41.7 Å². The molecule has 0 aromatic heterocycles. The number of halogens is 3. The van der Waals surface area contributed by atoms with E-state index in [4.69, 9.17) is 31.2 Å². The minimum absolute atomic E-state index is 0.195. The molecule has 0 radical (unpaired) electrons. The van der Waals surface area contributed by atoms with Crippen LogP contribution < -0.4 is 24.3 Å². The van der Waals surface area contributed by atoms with E-state index >= 15 is 0 Å². The summed E-state index contributed by atoms with van der Waals surface area (Å²) in [6.45, 7) is 0.735. The maximum Gasteiger partial charge on any atom is 0.573 e. The quantitative estimate of drug-likeness (QED) is 0.266. The number of esters is 1. The Balaban J connectivity index is 1.57. The number of thiocarbonyl (C=S) groups is 1. The van der Waals surface area contributed by atoms with Crippen LogP contribution in [0.4, 0.5) is 18.9 Å². The Bertz CT molecular complexity index is 1350. The number of nitrogens with one attached hydrogen (secondary N) is 1. The number of carbonyl (C=O) groups excluding carboxylic acids is 1. The smallest absolute Gasteiger partial charge is 0.493 e. The van der Waals surface area contributed by atoms with Gasteiger partial charge in [0.2, 0.25) is 0 Å². The van der Waals surface area contributed by atoms with E-state index in [0.717, 1.165) is 11.1 Å². The molecule has 1 aliphatic rings. The van der Waals surface area contributed by atoms with Crippen molar-refractivity contribution in [2.75, 3.05) is 39.8 Å². The van der Waals surface area contributed by atoms with Gasteiger partial charge in [0.05, 0.1) is 32.9 Å². The maximum absolute atomic E-state index is 12.5. The van der Waals surface area contributed by atoms with Crippen molar-refractivity contribution in [1.82, 2.24) is 4.90 Å². The highest BCUT2D eigenvalue weighted by Crippen LogP contribution is 2.39. The first-order valence-corrected chi connectivity index (χ1v) is 12.5. The highest BCUT2D eigenvalue weighted by Gasteiger charge is 2.32. The second kappa shape index (κ2) is 12.3. The summed E-state index contributed by atoms with van der Waals surface area (Å²) < 4.78 is 63.3. The predicted molar refractivity (Wildman–Crippen MR) is 145 cm³/mol. The van der Waals surface area contributed by atoms with Gasteiger partial charge in [-0.05, 0) is 90.4 Å². The van der Waals surface area contributed by atoms with Crippen molar-refractivity contribution in [3.8, 4) is 23.0 Å². The Kier molecular flexibility index (Phi) is 8.88. The summed E-state index contributed by atoms with van der Waals surface area (Å²) in [4.78, 5) is 13.7. The third kappa shape index (κ3) is 6.87. The summed E-state index contributed by atoms with van der Waals surface area (Å²) >= 11 is 5.72. The summed E-state index contributed by atoms with van der Waals surface area (Å²) in [5, 5.41) is 3.46. The molecule has 8 nitrogen and oxygen atoms in total. The van der Waals surface area contributed by atoms with Gasteiger partial charge in [-0.25, -0.2) is 4.79 Å². The highest BCUT2D eigenvalue weighted by molar-refractivity contribution is 7.80. The highest BCUT2D eigenvalue weighted by atomic mass is 32.1. The standard InChI is InChI=1S/C28H27F3N2O6S/c1-35-24-14-18-12-13-33(27(40)32-19-6-10-21(11-7-19)39-28(29,30)31)23(22(18)15-25(24)36-2)16-38-20-8-4-17(5-9-20)26(34)37-3/h4-11,14-15,23H,12-13,16H2,1-3H3,(H,32,40)/t23-/m0/s1. The van der Waals surface area contributed by atoms with E-state index < -0.39 is 12.3 Å². The number of nitrogens with zero attached hydrogens (tertiary/aromatic N) is 1. The van der Waals surface area contributed by atoms with E-state index in [1.54, 1.807) is 38.5 Å². The average Bonchev–Trinajstić information content (AvgIpc) is 2.95. The normalized spacial score (nSPS) is 14.6. The van der Waals surface area contributed by atoms with Crippen LogP contribution in [0, 0.1) is 0 Å². The molecular weight excluding hydrogens is 549 g/mol. The first-order valence-electron chi connectivity index (χ1n) is 12.1. The maximum atomic E-state index is 12.5. The largest absolute Gasteiger partial charge is 0.573 e. The summed E-state index contributed by atoms with van der Waals surface area (Å²) in [6, 6.07) is 15.4. The molecule has 1 aliphatic heterocycles. The number of rotatable bonds is 8. The lowest BCUT2D eigenvalue weighted by Gasteiger charge is -2.39. The topological polar surface area (TPSA) is 78.5 Å². The number of anilines is 1. The second-order valence-electron chi connectivity index (χ2n) is 8.69. The van der Waals surface area contributed by atoms with Crippen molar-refractivity contribution in [3.05, 3.63) is 77.4 Å². The lowest BCUT2D eigenvalue weighted by atomic mass is 9.92. The van der Waals surface area contributed by atoms with E-state index in [2.05, 4.69) is 10.1 Å². The van der Waals surface area contributed by atoms with Gasteiger partial charge in [-0.2, -0.15) is 0 Å². The zero-order valence-electron chi connectivity index (χ0n) is 21.9. The van der Waals surface area contributed by atoms with E-state index in [0.29, 0.717) is 46.6 Å². The van der Waals surface area contributed by atoms with Crippen LogP contribution in [0.5, 0.6) is 23.0 Å². The number of benzene rings is 3. The lowest BCUT2D eigenvalue weighted by molar-refractivity contribution is -0.274. The fraction of sp³-hybridized carbons (Fsp3) is 0.286. The molecule has 0 saturated heterocycles. The third-order valence-electron chi connectivity index (χ3n) is 6.29. The van der Waals surface area contributed by atoms with Gasteiger partial charge in [0.1, 0.15) is 18.1 Å². The van der Waals surface area contributed by atoms with E-state index in [1.807, 2.05) is 17.0 Å². The molecule has 0 spiro atoms. The van der Waals surface area contributed by atoms with Crippen LogP contribution >= 0.6 is 12.2 Å². The van der Waals surface area contributed by atoms with Crippen molar-refractivity contribution in [2.24, 2.45) is 0 Å². The summed E-state index contributed by atoms with van der Waals surface area (Å²) in [5.74, 6) is 0.916. The van der Waals surface area contributed by atoms with Gasteiger partial charge >= 0.3 is 12.3 Å². The minimum atomic E-state index is -4.78. The molecule has 3 aromatic carbocycles. The van der Waals surface area contributed by atoms with E-state index in [-0.39, 0.29) is 18.4 Å². The molecule has 3 aromatic rings. The van der Waals surface area contributed by atoms with E-state index in [9.17, 15) is 18.0 Å². The number of carbonyl (C=O) groups is 1. The van der Waals surface area contributed by atoms with Crippen LogP contribution in [0.15, 0.2) is 60.7 Å². The summed E-state index contributed by atoms with van der Waals surface area (Å²) in [6.07, 6.45) is -4.12. The molecule has 1 N–H and O–H groups in total. The first kappa shape index (κ1) is 28.8. The lowest BCUT2D eigenvalue weighted by Crippen LogP contribution is -2.44. The Hall–Kier alpha value is -4.19. The van der Waals surface area contributed by atoms with Gasteiger partial charge in [0.15, 0.2) is 16.6 Å². The number of alkyl halides is 3. The van der Waals surface area contributed by atoms with Crippen LogP contribution in [0.1, 0.15) is 27.5 Å². The molecule has 40 heavy (non-hydrogen) atoms. The zero-order valence-corrected chi connectivity index (χ0v) is 22.7. The van der Waals surface area contributed by atoms with Crippen LogP contribution in [0.2, 0.25) is 0 Å². The van der Waals surface area contributed by atoms with Crippen molar-refractivity contribution in [1.29, 1.82) is 0 Å². The van der Waals surface area contributed by atoms with Crippen LogP contribution in [-0.4, -0.2) is 56.8 Å². The molecule has 0 fully saturated rings. The van der Waals surface area contributed by atoms with Gasteiger partial charge in [-0.3, -0.25) is 0 Å². The second-order valence-corrected chi connectivity index (χ2v) is 9.08. The van der Waals surface area contributed by atoms with Crippen molar-refractivity contribution in [2.45, 2.75) is 18.8 Å². The SMILES string of the molecule is COC(=O)c1ccc(OC[C@H]2c3cc(OC)c(OC)cc3CCN2C(=S)Nc2ccc(OC(F)(F)F)cc2)cc1. The number of ether oxygens (including phenoxy) is 5. The molecule has 0 aliphatic carbocycles. The summed E-state index contributed by atoms with van der Waals surface area (Å²) in [7, 11) is 4.44. The van der Waals surface area contributed by atoms with Gasteiger partial charge in [-0.1, -0.05) is 0 Å². The molecule has 212 valence electrons. The van der Waals surface area contributed by atoms with Crippen LogP contribution in [0.25, 0.3) is 0 Å². The van der Waals surface area contributed by atoms with Gasteiger partial charge in [-0.15, -0.1) is 13.2 Å². The Labute approximate surface area is 234 Å². The first-order chi connectivity index (χ1) is 19.1. The molecular formula is C28H27F3N2O6S. The summed E-state index contributed by atoms with van der Waals surface area (Å²) in [5.41, 5.74) is 2.86. The molecule has 0 saturated carbocycles. The minimum Gasteiger partial charge on any atom is -0.493 e. The Morgan fingerprint density at radius 1 is 0.975 bits per heavy atom. The molecule has 4 rings (SSSR count). The van der Waals surface area contributed by atoms with E-state index in [1.165, 1.54) is 31.4 Å². The van der Waals surface area contributed by atoms with Crippen molar-refractivity contribution >= 4 is 29.0 Å². The average molecular weight is 577 g/mol. The molecule has 0 unspecified atom stereocenters. The Morgan fingerprint density at radius 2 is 1.60 bits per heavy atom. The van der Waals surface area contributed by atoms with Crippen LogP contribution in [0.3, 0.4) is 0 Å². The molecule has 0 amide bonds. The Morgan fingerprint density at radius 3 is 2.20 bits per heavy atom. The molecule has 12 heteroatoms. The zero-order chi connectivity index (χ0) is 28.9. The van der Waals surface area contributed by atoms with Gasteiger partial charge < -0.3 is 33.9 Å². The number of methoxy groups -OCH3 is 3. The number of fused-ring (bicyclic) bond motifs is 1. The fourth-order valence-electron chi connectivity index (χ4n) is 4.37. The number of hydrogen-bond donors (Lipinski definition) is 1. The monoisotopic (exact) mass is 576 g/mol. The van der Waals surface area contributed by atoms with Crippen LogP contribution in [-0.2, 0) is 11.2 Å². The van der Waals surface area contributed by atoms with Gasteiger partial charge in [0.25, 0.3) is 0 Å². The molecule has 0 bridgehead atoms. The fourth-order valence-corrected chi connectivity index (χ4v) is 4.70. The third-order valence-corrected chi connectivity index (χ3v) is 6.62.